The third-order valence-electron chi connectivity index (χ3n) is 5.10. The fourth-order valence-electron chi connectivity index (χ4n) is 3.69. The van der Waals surface area contributed by atoms with Gasteiger partial charge in [-0.1, -0.05) is 12.1 Å². The van der Waals surface area contributed by atoms with Crippen LogP contribution in [-0.2, 0) is 6.18 Å². The Labute approximate surface area is 183 Å². The average Bonchev–Trinajstić information content (AvgIpc) is 2.91. The van der Waals surface area contributed by atoms with E-state index in [9.17, 15) is 13.2 Å². The van der Waals surface area contributed by atoms with Gasteiger partial charge < -0.3 is 25.3 Å². The fourth-order valence-corrected chi connectivity index (χ4v) is 3.69. The number of benzene rings is 2. The van der Waals surface area contributed by atoms with Gasteiger partial charge in [-0.25, -0.2) is 4.99 Å². The molecule has 2 heterocycles. The first-order chi connectivity index (χ1) is 14.3. The van der Waals surface area contributed by atoms with Crippen LogP contribution in [0.25, 0.3) is 5.70 Å². The van der Waals surface area contributed by atoms with Crippen molar-refractivity contribution in [2.45, 2.75) is 18.6 Å². The quantitative estimate of drug-likeness (QED) is 0.721. The van der Waals surface area contributed by atoms with Crippen LogP contribution in [-0.4, -0.2) is 26.8 Å². The Kier molecular flexibility index (Phi) is 6.26. The first-order valence-electron chi connectivity index (χ1n) is 9.21. The molecule has 6 nitrogen and oxygen atoms in total. The molecular weight excluding hydrogens is 435 g/mol. The van der Waals surface area contributed by atoms with E-state index in [-0.39, 0.29) is 18.4 Å². The van der Waals surface area contributed by atoms with Crippen LogP contribution >= 0.6 is 12.4 Å². The number of ether oxygens (including phenoxy) is 3. The monoisotopic (exact) mass is 455 g/mol. The molecule has 0 saturated heterocycles. The number of rotatable bonds is 3. The molecular formula is C21H21ClF3N3O3. The van der Waals surface area contributed by atoms with E-state index in [1.807, 2.05) is 0 Å². The Balaban J connectivity index is 0.00000272. The molecule has 2 aromatic rings. The minimum Gasteiger partial charge on any atom is -0.496 e. The molecule has 0 radical (unpaired) electrons. The molecule has 0 saturated carbocycles. The molecule has 2 aliphatic rings. The van der Waals surface area contributed by atoms with E-state index in [0.29, 0.717) is 47.1 Å². The molecule has 0 amide bonds. The molecule has 4 rings (SSSR count). The van der Waals surface area contributed by atoms with Gasteiger partial charge in [0.15, 0.2) is 5.96 Å². The van der Waals surface area contributed by atoms with Crippen molar-refractivity contribution in [3.05, 3.63) is 58.7 Å². The maximum Gasteiger partial charge on any atom is 0.416 e. The molecule has 2 aliphatic heterocycles. The van der Waals surface area contributed by atoms with Gasteiger partial charge in [0.25, 0.3) is 0 Å². The lowest BCUT2D eigenvalue weighted by molar-refractivity contribution is -0.137. The Morgan fingerprint density at radius 3 is 2.45 bits per heavy atom. The molecule has 1 unspecified atom stereocenters. The molecule has 0 spiro atoms. The van der Waals surface area contributed by atoms with Gasteiger partial charge in [0.2, 0.25) is 0 Å². The number of fused-ring (bicyclic) bond motifs is 2. The predicted octanol–water partition coefficient (Wildman–Crippen LogP) is 4.30. The molecule has 0 fully saturated rings. The zero-order chi connectivity index (χ0) is 21.5. The number of nitrogens with two attached hydrogens (primary N) is 1. The summed E-state index contributed by atoms with van der Waals surface area (Å²) in [5, 5.41) is 3.09. The lowest BCUT2D eigenvalue weighted by Gasteiger charge is -2.27. The van der Waals surface area contributed by atoms with Gasteiger partial charge in [-0.05, 0) is 23.3 Å². The number of alkyl halides is 3. The van der Waals surface area contributed by atoms with Crippen LogP contribution in [0.3, 0.4) is 0 Å². The first-order valence-corrected chi connectivity index (χ1v) is 9.21. The van der Waals surface area contributed by atoms with Crippen molar-refractivity contribution in [1.82, 2.24) is 5.32 Å². The third kappa shape index (κ3) is 4.23. The highest BCUT2D eigenvalue weighted by Gasteiger charge is 2.33. The second kappa shape index (κ2) is 8.58. The molecule has 166 valence electrons. The minimum absolute atomic E-state index is 0. The number of nitrogens with one attached hydrogen (secondary N) is 1. The minimum atomic E-state index is -4.40. The summed E-state index contributed by atoms with van der Waals surface area (Å²) < 4.78 is 55.6. The third-order valence-corrected chi connectivity index (χ3v) is 5.10. The van der Waals surface area contributed by atoms with E-state index in [2.05, 4.69) is 10.3 Å². The van der Waals surface area contributed by atoms with Crippen LogP contribution in [0.2, 0.25) is 0 Å². The molecule has 0 bridgehead atoms. The van der Waals surface area contributed by atoms with Gasteiger partial charge in [-0.3, -0.25) is 0 Å². The van der Waals surface area contributed by atoms with Gasteiger partial charge in [-0.2, -0.15) is 13.2 Å². The number of nitrogens with zero attached hydrogens (tertiary/aromatic N) is 1. The summed E-state index contributed by atoms with van der Waals surface area (Å²) in [5.74, 6) is 1.81. The SMILES string of the molecule is COc1cc(OC)c2c(c1)OCCC1=C2NC(N)=NC1c1ccc(C(F)(F)F)cc1.Cl. The number of hydrogen-bond acceptors (Lipinski definition) is 6. The normalized spacial score (nSPS) is 17.7. The van der Waals surface area contributed by atoms with Crippen molar-refractivity contribution in [3.8, 4) is 17.2 Å². The lowest BCUT2D eigenvalue weighted by Crippen LogP contribution is -2.35. The Hall–Kier alpha value is -3.07. The van der Waals surface area contributed by atoms with Crippen molar-refractivity contribution >= 4 is 24.1 Å². The Morgan fingerprint density at radius 1 is 1.13 bits per heavy atom. The first kappa shape index (κ1) is 22.6. The number of methoxy groups -OCH3 is 2. The zero-order valence-corrected chi connectivity index (χ0v) is 17.6. The maximum atomic E-state index is 12.9. The van der Waals surface area contributed by atoms with Crippen molar-refractivity contribution in [3.63, 3.8) is 0 Å². The number of guanidine groups is 1. The molecule has 31 heavy (non-hydrogen) atoms. The van der Waals surface area contributed by atoms with Crippen molar-refractivity contribution < 1.29 is 27.4 Å². The lowest BCUT2D eigenvalue weighted by atomic mass is 9.91. The smallest absolute Gasteiger partial charge is 0.416 e. The summed E-state index contributed by atoms with van der Waals surface area (Å²) in [5.41, 5.74) is 8.14. The van der Waals surface area contributed by atoms with E-state index in [0.717, 1.165) is 17.7 Å². The largest absolute Gasteiger partial charge is 0.496 e. The second-order valence-electron chi connectivity index (χ2n) is 6.86. The number of aliphatic imine (C=N–C) groups is 1. The van der Waals surface area contributed by atoms with Crippen LogP contribution < -0.4 is 25.3 Å². The standard InChI is InChI=1S/C21H20F3N3O3.ClH/c1-28-13-9-15(29-2)17-16(10-13)30-8-7-14-18(26-20(25)27-19(14)17)11-3-5-12(6-4-11)21(22,23)24;/h3-6,9-10,18H,7-8H2,1-2H3,(H3,25,26,27);1H. The van der Waals surface area contributed by atoms with E-state index in [1.165, 1.54) is 19.2 Å². The highest BCUT2D eigenvalue weighted by Crippen LogP contribution is 2.45. The van der Waals surface area contributed by atoms with Gasteiger partial charge in [0, 0.05) is 18.6 Å². The van der Waals surface area contributed by atoms with Crippen LogP contribution in [0.1, 0.15) is 29.2 Å². The summed E-state index contributed by atoms with van der Waals surface area (Å²) in [4.78, 5) is 4.46. The maximum absolute atomic E-state index is 12.9. The highest BCUT2D eigenvalue weighted by atomic mass is 35.5. The van der Waals surface area contributed by atoms with E-state index < -0.39 is 17.8 Å². The number of hydrogen-bond donors (Lipinski definition) is 2. The van der Waals surface area contributed by atoms with Gasteiger partial charge in [0.05, 0.1) is 37.7 Å². The summed E-state index contributed by atoms with van der Waals surface area (Å²) in [6.07, 6.45) is -3.90. The van der Waals surface area contributed by atoms with Crippen LogP contribution in [0.15, 0.2) is 47.0 Å². The molecule has 0 aromatic heterocycles. The highest BCUT2D eigenvalue weighted by molar-refractivity contribution is 5.94. The number of halogens is 4. The summed E-state index contributed by atoms with van der Waals surface area (Å²) in [6, 6.07) is 7.91. The van der Waals surface area contributed by atoms with Crippen LogP contribution in [0.5, 0.6) is 17.2 Å². The molecule has 1 atom stereocenters. The molecule has 0 aliphatic carbocycles. The zero-order valence-electron chi connectivity index (χ0n) is 16.7. The molecule has 3 N–H and O–H groups in total. The Bertz CT molecular complexity index is 1040. The van der Waals surface area contributed by atoms with Gasteiger partial charge in [-0.15, -0.1) is 12.4 Å². The summed E-state index contributed by atoms with van der Waals surface area (Å²) in [6.45, 7) is 0.358. The average molecular weight is 456 g/mol. The second-order valence-corrected chi connectivity index (χ2v) is 6.86. The van der Waals surface area contributed by atoms with E-state index >= 15 is 0 Å². The van der Waals surface area contributed by atoms with E-state index in [1.54, 1.807) is 19.2 Å². The topological polar surface area (TPSA) is 78.1 Å². The molecule has 2 aromatic carbocycles. The summed E-state index contributed by atoms with van der Waals surface area (Å²) >= 11 is 0. The van der Waals surface area contributed by atoms with Crippen molar-refractivity contribution in [2.75, 3.05) is 20.8 Å². The molecule has 10 heteroatoms. The van der Waals surface area contributed by atoms with Gasteiger partial charge in [0.1, 0.15) is 23.3 Å². The fraction of sp³-hybridized carbons (Fsp3) is 0.286. The van der Waals surface area contributed by atoms with Crippen LogP contribution in [0.4, 0.5) is 13.2 Å². The Morgan fingerprint density at radius 2 is 1.84 bits per heavy atom. The van der Waals surface area contributed by atoms with E-state index in [4.69, 9.17) is 19.9 Å². The van der Waals surface area contributed by atoms with Gasteiger partial charge >= 0.3 is 6.18 Å². The van der Waals surface area contributed by atoms with Crippen molar-refractivity contribution in [1.29, 1.82) is 0 Å². The van der Waals surface area contributed by atoms with Crippen LogP contribution in [0, 0.1) is 0 Å². The predicted molar refractivity (Wildman–Crippen MR) is 113 cm³/mol. The summed E-state index contributed by atoms with van der Waals surface area (Å²) in [7, 11) is 3.08. The van der Waals surface area contributed by atoms with Crippen molar-refractivity contribution in [2.24, 2.45) is 10.7 Å².